The summed E-state index contributed by atoms with van der Waals surface area (Å²) in [7, 11) is 0. The summed E-state index contributed by atoms with van der Waals surface area (Å²) in [6.07, 6.45) is 0. The Bertz CT molecular complexity index is 2190. The molecule has 8 rings (SSSR count). The molecule has 0 unspecified atom stereocenters. The second-order valence-corrected chi connectivity index (χ2v) is 10.0. The lowest BCUT2D eigenvalue weighted by atomic mass is 9.94. The minimum absolute atomic E-state index is 0.992. The van der Waals surface area contributed by atoms with Crippen molar-refractivity contribution in [2.24, 2.45) is 0 Å². The molecule has 0 spiro atoms. The van der Waals surface area contributed by atoms with Crippen molar-refractivity contribution in [1.29, 1.82) is 0 Å². The van der Waals surface area contributed by atoms with Gasteiger partial charge >= 0.3 is 0 Å². The van der Waals surface area contributed by atoms with Crippen molar-refractivity contribution >= 4 is 54.0 Å². The molecular formula is C37H23N. The zero-order valence-electron chi connectivity index (χ0n) is 20.7. The molecule has 176 valence electrons. The van der Waals surface area contributed by atoms with Crippen LogP contribution < -0.4 is 0 Å². The molecule has 0 amide bonds. The normalized spacial score (nSPS) is 11.7. The Kier molecular flexibility index (Phi) is 4.59. The van der Waals surface area contributed by atoms with Gasteiger partial charge in [-0.3, -0.25) is 0 Å². The predicted octanol–water partition coefficient (Wildman–Crippen LogP) is 10.2. The molecule has 0 saturated carbocycles. The van der Waals surface area contributed by atoms with Crippen LogP contribution in [-0.2, 0) is 0 Å². The van der Waals surface area contributed by atoms with Crippen molar-refractivity contribution in [3.63, 3.8) is 0 Å². The van der Waals surface area contributed by atoms with Crippen LogP contribution in [0.15, 0.2) is 140 Å². The van der Waals surface area contributed by atoms with Crippen LogP contribution in [0, 0.1) is 0 Å². The zero-order valence-corrected chi connectivity index (χ0v) is 20.7. The van der Waals surface area contributed by atoms with Crippen LogP contribution in [0.4, 0.5) is 0 Å². The van der Waals surface area contributed by atoms with Gasteiger partial charge in [-0.25, -0.2) is 4.98 Å². The smallest absolute Gasteiger partial charge is 0.0716 e. The van der Waals surface area contributed by atoms with Gasteiger partial charge in [-0.1, -0.05) is 115 Å². The fourth-order valence-electron chi connectivity index (χ4n) is 5.90. The Morgan fingerprint density at radius 1 is 0.342 bits per heavy atom. The molecule has 0 bridgehead atoms. The van der Waals surface area contributed by atoms with Crippen molar-refractivity contribution in [1.82, 2.24) is 4.98 Å². The third-order valence-electron chi connectivity index (χ3n) is 7.82. The number of rotatable bonds is 2. The Morgan fingerprint density at radius 2 is 0.947 bits per heavy atom. The maximum Gasteiger partial charge on any atom is 0.0716 e. The largest absolute Gasteiger partial charge is 0.248 e. The van der Waals surface area contributed by atoms with Crippen molar-refractivity contribution in [3.8, 4) is 22.4 Å². The summed E-state index contributed by atoms with van der Waals surface area (Å²) in [4.78, 5) is 5.13. The first-order valence-electron chi connectivity index (χ1n) is 13.1. The third-order valence-corrected chi connectivity index (χ3v) is 7.82. The van der Waals surface area contributed by atoms with Gasteiger partial charge in [0.25, 0.3) is 0 Å². The minimum Gasteiger partial charge on any atom is -0.248 e. The summed E-state index contributed by atoms with van der Waals surface area (Å²) in [6.45, 7) is 0. The summed E-state index contributed by atoms with van der Waals surface area (Å²) in [5, 5.41) is 11.3. The molecule has 0 aliphatic heterocycles. The van der Waals surface area contributed by atoms with Crippen molar-refractivity contribution in [2.75, 3.05) is 0 Å². The number of hydrogen-bond donors (Lipinski definition) is 0. The molecule has 0 saturated heterocycles. The molecule has 0 aliphatic carbocycles. The van der Waals surface area contributed by atoms with Crippen molar-refractivity contribution < 1.29 is 0 Å². The molecule has 0 fully saturated rings. The first kappa shape index (κ1) is 21.1. The van der Waals surface area contributed by atoms with Gasteiger partial charge in [-0.05, 0) is 78.5 Å². The van der Waals surface area contributed by atoms with Gasteiger partial charge in [-0.15, -0.1) is 0 Å². The second kappa shape index (κ2) is 8.26. The molecule has 8 aromatic rings. The van der Waals surface area contributed by atoms with E-state index in [0.717, 1.165) is 16.8 Å². The predicted molar refractivity (Wildman–Crippen MR) is 163 cm³/mol. The number of pyridine rings is 1. The fraction of sp³-hybridized carbons (Fsp3) is 0. The van der Waals surface area contributed by atoms with E-state index in [4.69, 9.17) is 4.98 Å². The second-order valence-electron chi connectivity index (χ2n) is 10.0. The monoisotopic (exact) mass is 481 g/mol. The van der Waals surface area contributed by atoms with Crippen LogP contribution >= 0.6 is 0 Å². The van der Waals surface area contributed by atoms with Gasteiger partial charge in [0.2, 0.25) is 0 Å². The van der Waals surface area contributed by atoms with E-state index in [2.05, 4.69) is 140 Å². The quantitative estimate of drug-likeness (QED) is 0.224. The first-order valence-corrected chi connectivity index (χ1v) is 13.1. The molecule has 0 N–H and O–H groups in total. The van der Waals surface area contributed by atoms with Crippen molar-refractivity contribution in [2.45, 2.75) is 0 Å². The summed E-state index contributed by atoms with van der Waals surface area (Å²) in [5.41, 5.74) is 5.55. The summed E-state index contributed by atoms with van der Waals surface area (Å²) < 4.78 is 0. The number of para-hydroxylation sites is 1. The number of aromatic nitrogens is 1. The van der Waals surface area contributed by atoms with E-state index < -0.39 is 0 Å². The molecule has 1 nitrogen and oxygen atoms in total. The van der Waals surface area contributed by atoms with Gasteiger partial charge in [0.15, 0.2) is 0 Å². The van der Waals surface area contributed by atoms with E-state index in [1.54, 1.807) is 0 Å². The van der Waals surface area contributed by atoms with E-state index in [0.29, 0.717) is 0 Å². The van der Waals surface area contributed by atoms with Crippen LogP contribution in [0.1, 0.15) is 0 Å². The van der Waals surface area contributed by atoms with E-state index in [1.165, 1.54) is 59.6 Å². The molecule has 1 heterocycles. The lowest BCUT2D eigenvalue weighted by Crippen LogP contribution is -1.90. The van der Waals surface area contributed by atoms with Crippen LogP contribution in [0.25, 0.3) is 76.4 Å². The van der Waals surface area contributed by atoms with E-state index >= 15 is 0 Å². The van der Waals surface area contributed by atoms with Crippen LogP contribution in [0.2, 0.25) is 0 Å². The standard InChI is InChI=1S/C37H23N/c1-2-9-27-21-28(15-13-24(27)7-1)35-23-37(38-36-12-6-5-11-33(35)36)29-16-14-26-18-19-31-30-10-4-3-8-25(30)17-20-32(31)34(26)22-29/h1-23H. The summed E-state index contributed by atoms with van der Waals surface area (Å²) in [6, 6.07) is 50.4. The van der Waals surface area contributed by atoms with Crippen molar-refractivity contribution in [3.05, 3.63) is 140 Å². The Balaban J connectivity index is 1.37. The Hall–Kier alpha value is -5.01. The fourth-order valence-corrected chi connectivity index (χ4v) is 5.90. The van der Waals surface area contributed by atoms with Gasteiger partial charge in [0.05, 0.1) is 11.2 Å². The first-order chi connectivity index (χ1) is 18.8. The van der Waals surface area contributed by atoms with Gasteiger partial charge in [0.1, 0.15) is 0 Å². The average Bonchev–Trinajstić information content (AvgIpc) is 2.99. The Labute approximate surface area is 220 Å². The van der Waals surface area contributed by atoms with E-state index in [-0.39, 0.29) is 0 Å². The van der Waals surface area contributed by atoms with Crippen LogP contribution in [0.3, 0.4) is 0 Å². The van der Waals surface area contributed by atoms with Gasteiger partial charge in [-0.2, -0.15) is 0 Å². The highest BCUT2D eigenvalue weighted by molar-refractivity contribution is 6.17. The molecule has 7 aromatic carbocycles. The molecule has 1 heteroatoms. The molecule has 0 aliphatic rings. The zero-order chi connectivity index (χ0) is 25.1. The number of hydrogen-bond acceptors (Lipinski definition) is 1. The van der Waals surface area contributed by atoms with E-state index in [1.807, 2.05) is 0 Å². The average molecular weight is 482 g/mol. The molecule has 1 aromatic heterocycles. The highest BCUT2D eigenvalue weighted by Gasteiger charge is 2.12. The minimum atomic E-state index is 0.992. The maximum absolute atomic E-state index is 5.13. The molecule has 38 heavy (non-hydrogen) atoms. The number of nitrogens with zero attached hydrogens (tertiary/aromatic N) is 1. The lowest BCUT2D eigenvalue weighted by Gasteiger charge is -2.13. The molecular weight excluding hydrogens is 458 g/mol. The molecule has 0 atom stereocenters. The summed E-state index contributed by atoms with van der Waals surface area (Å²) in [5.74, 6) is 0. The third kappa shape index (κ3) is 3.29. The van der Waals surface area contributed by atoms with Gasteiger partial charge in [0, 0.05) is 10.9 Å². The lowest BCUT2D eigenvalue weighted by molar-refractivity contribution is 1.40. The highest BCUT2D eigenvalue weighted by atomic mass is 14.7. The maximum atomic E-state index is 5.13. The molecule has 0 radical (unpaired) electrons. The van der Waals surface area contributed by atoms with Crippen LogP contribution in [-0.4, -0.2) is 4.98 Å². The SMILES string of the molecule is c1ccc2cc(-c3cc(-c4ccc5ccc6c7ccccc7ccc6c5c4)nc4ccccc34)ccc2c1. The summed E-state index contributed by atoms with van der Waals surface area (Å²) >= 11 is 0. The topological polar surface area (TPSA) is 12.9 Å². The highest BCUT2D eigenvalue weighted by Crippen LogP contribution is 2.36. The van der Waals surface area contributed by atoms with Gasteiger partial charge < -0.3 is 0 Å². The number of fused-ring (bicyclic) bond motifs is 7. The van der Waals surface area contributed by atoms with E-state index in [9.17, 15) is 0 Å². The van der Waals surface area contributed by atoms with Crippen LogP contribution in [0.5, 0.6) is 0 Å². The Morgan fingerprint density at radius 3 is 1.82 bits per heavy atom. The number of benzene rings is 7.